The maximum absolute atomic E-state index is 12.6. The van der Waals surface area contributed by atoms with E-state index in [9.17, 15) is 19.5 Å². The number of aliphatic carboxylic acids is 1. The van der Waals surface area contributed by atoms with Gasteiger partial charge in [-0.1, -0.05) is 44.2 Å². The highest BCUT2D eigenvalue weighted by Crippen LogP contribution is 2.24. The number of amides is 2. The Morgan fingerprint density at radius 1 is 1.12 bits per heavy atom. The highest BCUT2D eigenvalue weighted by Gasteiger charge is 2.42. The summed E-state index contributed by atoms with van der Waals surface area (Å²) in [5.41, 5.74) is 0.582. The first-order valence-corrected chi connectivity index (χ1v) is 7.73. The molecular weight excluding hydrogens is 312 g/mol. The van der Waals surface area contributed by atoms with Crippen LogP contribution in [0.4, 0.5) is 0 Å². The standard InChI is InChI=1S/C17H24N2O5/c1-11(2)9-13(14(20)21)18-15(22)17(3,16(23)19-24)10-12-7-5-4-6-8-12/h4-8,11,13,24H,9-10H2,1-3H3,(H,18,22)(H,19,23)(H,20,21)/t13-,17?/m0/s1. The van der Waals surface area contributed by atoms with Crippen molar-refractivity contribution in [3.63, 3.8) is 0 Å². The third-order valence-corrected chi connectivity index (χ3v) is 3.81. The summed E-state index contributed by atoms with van der Waals surface area (Å²) in [5.74, 6) is -2.74. The Morgan fingerprint density at radius 3 is 2.17 bits per heavy atom. The van der Waals surface area contributed by atoms with Crippen molar-refractivity contribution in [2.45, 2.75) is 39.7 Å². The van der Waals surface area contributed by atoms with Gasteiger partial charge in [-0.25, -0.2) is 10.3 Å². The summed E-state index contributed by atoms with van der Waals surface area (Å²) in [6, 6.07) is 7.74. The summed E-state index contributed by atoms with van der Waals surface area (Å²) >= 11 is 0. The molecule has 0 saturated carbocycles. The number of hydroxylamine groups is 1. The summed E-state index contributed by atoms with van der Waals surface area (Å²) < 4.78 is 0. The lowest BCUT2D eigenvalue weighted by molar-refractivity contribution is -0.151. The molecule has 0 spiro atoms. The van der Waals surface area contributed by atoms with E-state index in [2.05, 4.69) is 5.32 Å². The Balaban J connectivity index is 3.03. The second kappa shape index (κ2) is 8.44. The third-order valence-electron chi connectivity index (χ3n) is 3.81. The van der Waals surface area contributed by atoms with Crippen molar-refractivity contribution in [2.24, 2.45) is 11.3 Å². The molecule has 7 heteroatoms. The van der Waals surface area contributed by atoms with Crippen molar-refractivity contribution >= 4 is 17.8 Å². The van der Waals surface area contributed by atoms with Crippen molar-refractivity contribution in [2.75, 3.05) is 0 Å². The number of hydrogen-bond acceptors (Lipinski definition) is 4. The van der Waals surface area contributed by atoms with Crippen LogP contribution in [0.3, 0.4) is 0 Å². The van der Waals surface area contributed by atoms with Crippen LogP contribution in [-0.2, 0) is 20.8 Å². The molecule has 2 atom stereocenters. The van der Waals surface area contributed by atoms with E-state index in [-0.39, 0.29) is 18.8 Å². The Labute approximate surface area is 141 Å². The molecule has 1 rings (SSSR count). The number of benzene rings is 1. The molecule has 0 aliphatic carbocycles. The molecular formula is C17H24N2O5. The van der Waals surface area contributed by atoms with Crippen LogP contribution in [-0.4, -0.2) is 34.1 Å². The summed E-state index contributed by atoms with van der Waals surface area (Å²) in [5, 5.41) is 20.7. The van der Waals surface area contributed by atoms with E-state index in [1.54, 1.807) is 30.3 Å². The predicted octanol–water partition coefficient (Wildman–Crippen LogP) is 1.36. The molecule has 2 amide bonds. The Kier molecular flexibility index (Phi) is 6.91. The molecule has 0 aliphatic rings. The number of nitrogens with one attached hydrogen (secondary N) is 2. The second-order valence-corrected chi connectivity index (χ2v) is 6.43. The van der Waals surface area contributed by atoms with Gasteiger partial charge in [-0.05, 0) is 31.2 Å². The topological polar surface area (TPSA) is 116 Å². The van der Waals surface area contributed by atoms with Gasteiger partial charge in [-0.3, -0.25) is 14.8 Å². The van der Waals surface area contributed by atoms with Crippen LogP contribution < -0.4 is 10.8 Å². The quantitative estimate of drug-likeness (QED) is 0.325. The summed E-state index contributed by atoms with van der Waals surface area (Å²) in [6.07, 6.45) is 0.267. The van der Waals surface area contributed by atoms with Gasteiger partial charge < -0.3 is 10.4 Å². The molecule has 0 heterocycles. The zero-order valence-electron chi connectivity index (χ0n) is 14.1. The lowest BCUT2D eigenvalue weighted by Crippen LogP contribution is -2.54. The van der Waals surface area contributed by atoms with Gasteiger partial charge in [0.15, 0.2) is 0 Å². The second-order valence-electron chi connectivity index (χ2n) is 6.43. The zero-order valence-corrected chi connectivity index (χ0v) is 14.1. The zero-order chi connectivity index (χ0) is 18.3. The summed E-state index contributed by atoms with van der Waals surface area (Å²) in [7, 11) is 0. The van der Waals surface area contributed by atoms with Crippen molar-refractivity contribution in [1.29, 1.82) is 0 Å². The van der Waals surface area contributed by atoms with Crippen LogP contribution in [0.15, 0.2) is 30.3 Å². The molecule has 1 aromatic carbocycles. The van der Waals surface area contributed by atoms with Gasteiger partial charge in [0, 0.05) is 0 Å². The smallest absolute Gasteiger partial charge is 0.326 e. The average Bonchev–Trinajstić information content (AvgIpc) is 2.53. The first-order valence-electron chi connectivity index (χ1n) is 7.73. The van der Waals surface area contributed by atoms with E-state index < -0.39 is 29.2 Å². The fourth-order valence-corrected chi connectivity index (χ4v) is 2.40. The first kappa shape index (κ1) is 19.6. The number of rotatable bonds is 8. The largest absolute Gasteiger partial charge is 0.480 e. The Bertz CT molecular complexity index is 588. The van der Waals surface area contributed by atoms with Crippen molar-refractivity contribution in [1.82, 2.24) is 10.8 Å². The lowest BCUT2D eigenvalue weighted by Gasteiger charge is -2.28. The Hall–Kier alpha value is -2.41. The van der Waals surface area contributed by atoms with Crippen molar-refractivity contribution in [3.05, 3.63) is 35.9 Å². The molecule has 7 nitrogen and oxygen atoms in total. The summed E-state index contributed by atoms with van der Waals surface area (Å²) in [4.78, 5) is 36.0. The van der Waals surface area contributed by atoms with E-state index in [1.807, 2.05) is 13.8 Å². The highest BCUT2D eigenvalue weighted by molar-refractivity contribution is 6.05. The minimum atomic E-state index is -1.64. The maximum atomic E-state index is 12.6. The van der Waals surface area contributed by atoms with Gasteiger partial charge in [0.05, 0.1) is 0 Å². The Morgan fingerprint density at radius 2 is 1.71 bits per heavy atom. The van der Waals surface area contributed by atoms with E-state index in [4.69, 9.17) is 5.21 Å². The van der Waals surface area contributed by atoms with Crippen molar-refractivity contribution in [3.8, 4) is 0 Å². The van der Waals surface area contributed by atoms with Gasteiger partial charge in [0.25, 0.3) is 5.91 Å². The highest BCUT2D eigenvalue weighted by atomic mass is 16.5. The van der Waals surface area contributed by atoms with E-state index in [0.717, 1.165) is 5.56 Å². The normalized spacial score (nSPS) is 14.5. The fourth-order valence-electron chi connectivity index (χ4n) is 2.40. The number of carboxylic acid groups (broad SMARTS) is 1. The maximum Gasteiger partial charge on any atom is 0.326 e. The number of hydrogen-bond donors (Lipinski definition) is 4. The van der Waals surface area contributed by atoms with Crippen LogP contribution in [0, 0.1) is 11.3 Å². The minimum Gasteiger partial charge on any atom is -0.480 e. The monoisotopic (exact) mass is 336 g/mol. The van der Waals surface area contributed by atoms with Crippen molar-refractivity contribution < 1.29 is 24.7 Å². The molecule has 0 fully saturated rings. The number of carbonyl (C=O) groups is 3. The number of carbonyl (C=O) groups excluding carboxylic acids is 2. The number of carboxylic acids is 1. The molecule has 0 radical (unpaired) electrons. The van der Waals surface area contributed by atoms with Crippen LogP contribution in [0.2, 0.25) is 0 Å². The molecule has 0 aromatic heterocycles. The first-order chi connectivity index (χ1) is 11.2. The van der Waals surface area contributed by atoms with E-state index in [1.165, 1.54) is 12.4 Å². The summed E-state index contributed by atoms with van der Waals surface area (Å²) in [6.45, 7) is 5.05. The molecule has 0 bridgehead atoms. The molecule has 1 unspecified atom stereocenters. The molecule has 0 aliphatic heterocycles. The lowest BCUT2D eigenvalue weighted by atomic mass is 9.81. The van der Waals surface area contributed by atoms with Crippen LogP contribution in [0.25, 0.3) is 0 Å². The van der Waals surface area contributed by atoms with Crippen LogP contribution in [0.5, 0.6) is 0 Å². The third kappa shape index (κ3) is 5.06. The van der Waals surface area contributed by atoms with Gasteiger partial charge in [0.1, 0.15) is 11.5 Å². The van der Waals surface area contributed by atoms with Gasteiger partial charge >= 0.3 is 5.97 Å². The van der Waals surface area contributed by atoms with Crippen LogP contribution in [0.1, 0.15) is 32.8 Å². The van der Waals surface area contributed by atoms with Gasteiger partial charge in [0.2, 0.25) is 5.91 Å². The molecule has 4 N–H and O–H groups in total. The van der Waals surface area contributed by atoms with E-state index >= 15 is 0 Å². The fraction of sp³-hybridized carbons (Fsp3) is 0.471. The van der Waals surface area contributed by atoms with E-state index in [0.29, 0.717) is 0 Å². The molecule has 1 aromatic rings. The predicted molar refractivity (Wildman–Crippen MR) is 87.2 cm³/mol. The molecule has 24 heavy (non-hydrogen) atoms. The molecule has 0 saturated heterocycles. The SMILES string of the molecule is CC(C)C[C@H](NC(=O)C(C)(Cc1ccccc1)C(=O)NO)C(=O)O. The molecule has 132 valence electrons. The van der Waals surface area contributed by atoms with Gasteiger partial charge in [-0.2, -0.15) is 0 Å². The average molecular weight is 336 g/mol. The van der Waals surface area contributed by atoms with Crippen LogP contribution >= 0.6 is 0 Å². The van der Waals surface area contributed by atoms with Gasteiger partial charge in [-0.15, -0.1) is 0 Å². The minimum absolute atomic E-state index is 0.0279.